The molecule has 0 bridgehead atoms. The van der Waals surface area contributed by atoms with Crippen molar-refractivity contribution in [1.29, 1.82) is 0 Å². The zero-order valence-electron chi connectivity index (χ0n) is 7.63. The van der Waals surface area contributed by atoms with E-state index in [1.165, 1.54) is 38.5 Å². The second kappa shape index (κ2) is 2.25. The van der Waals surface area contributed by atoms with Gasteiger partial charge in [0.1, 0.15) is 0 Å². The molecule has 3 aliphatic rings. The topological polar surface area (TPSA) is 20.2 Å². The Kier molecular flexibility index (Phi) is 1.39. The van der Waals surface area contributed by atoms with Crippen LogP contribution in [-0.4, -0.2) is 11.2 Å². The molecule has 1 N–H and O–H groups in total. The second-order valence-electron chi connectivity index (χ2n) is 5.08. The minimum atomic E-state index is 0.0671. The first-order valence-corrected chi connectivity index (χ1v) is 5.52. The zero-order chi connectivity index (χ0) is 8.18. The van der Waals surface area contributed by atoms with Gasteiger partial charge in [-0.05, 0) is 43.9 Å². The summed E-state index contributed by atoms with van der Waals surface area (Å²) in [6.07, 6.45) is 9.42. The lowest BCUT2D eigenvalue weighted by molar-refractivity contribution is -0.151. The fraction of sp³-hybridized carbons (Fsp3) is 1.00. The average Bonchev–Trinajstić information content (AvgIpc) is 2.31. The van der Waals surface area contributed by atoms with Crippen LogP contribution in [0.2, 0.25) is 0 Å². The number of aliphatic hydroxyl groups is 1. The van der Waals surface area contributed by atoms with Crippen LogP contribution < -0.4 is 0 Å². The van der Waals surface area contributed by atoms with Crippen LogP contribution >= 0.6 is 0 Å². The second-order valence-corrected chi connectivity index (χ2v) is 5.08. The molecule has 0 heterocycles. The number of rotatable bonds is 0. The minimum Gasteiger partial charge on any atom is -0.393 e. The van der Waals surface area contributed by atoms with Crippen LogP contribution in [0.4, 0.5) is 0 Å². The number of hydrogen-bond acceptors (Lipinski definition) is 1. The summed E-state index contributed by atoms with van der Waals surface area (Å²) >= 11 is 0. The largest absolute Gasteiger partial charge is 0.393 e. The molecule has 3 saturated carbocycles. The van der Waals surface area contributed by atoms with Crippen LogP contribution in [0.15, 0.2) is 0 Å². The van der Waals surface area contributed by atoms with E-state index in [1.54, 1.807) is 0 Å². The molecule has 0 aromatic rings. The molecule has 0 aromatic carbocycles. The van der Waals surface area contributed by atoms with Crippen LogP contribution in [-0.2, 0) is 0 Å². The predicted octanol–water partition coefficient (Wildman–Crippen LogP) is 2.34. The minimum absolute atomic E-state index is 0.0671. The van der Waals surface area contributed by atoms with E-state index in [9.17, 15) is 5.11 Å². The Bertz CT molecular complexity index is 193. The molecule has 0 saturated heterocycles. The molecule has 1 spiro atoms. The average molecular weight is 166 g/mol. The van der Waals surface area contributed by atoms with Gasteiger partial charge in [0, 0.05) is 5.41 Å². The van der Waals surface area contributed by atoms with Gasteiger partial charge >= 0.3 is 0 Å². The number of aliphatic hydroxyl groups excluding tert-OH is 1. The first-order valence-electron chi connectivity index (χ1n) is 5.52. The van der Waals surface area contributed by atoms with Gasteiger partial charge in [-0.2, -0.15) is 0 Å². The SMILES string of the molecule is OC1CCCC2CC3CCCC123. The Morgan fingerprint density at radius 2 is 1.75 bits per heavy atom. The molecule has 3 fully saturated rings. The Balaban J connectivity index is 1.91. The van der Waals surface area contributed by atoms with Gasteiger partial charge in [-0.25, -0.2) is 0 Å². The Hall–Kier alpha value is -0.0400. The van der Waals surface area contributed by atoms with Crippen molar-refractivity contribution >= 4 is 0 Å². The molecule has 3 rings (SSSR count). The van der Waals surface area contributed by atoms with E-state index in [4.69, 9.17) is 0 Å². The lowest BCUT2D eigenvalue weighted by Crippen LogP contribution is -2.55. The van der Waals surface area contributed by atoms with E-state index in [-0.39, 0.29) is 6.10 Å². The van der Waals surface area contributed by atoms with E-state index < -0.39 is 0 Å². The molecular weight excluding hydrogens is 148 g/mol. The number of hydrogen-bond donors (Lipinski definition) is 1. The quantitative estimate of drug-likeness (QED) is 0.585. The van der Waals surface area contributed by atoms with Crippen LogP contribution in [0, 0.1) is 17.3 Å². The molecule has 0 amide bonds. The van der Waals surface area contributed by atoms with Gasteiger partial charge in [0.15, 0.2) is 0 Å². The van der Waals surface area contributed by atoms with Crippen LogP contribution in [0.25, 0.3) is 0 Å². The molecule has 12 heavy (non-hydrogen) atoms. The maximum Gasteiger partial charge on any atom is 0.0601 e. The maximum absolute atomic E-state index is 10.1. The highest BCUT2D eigenvalue weighted by atomic mass is 16.3. The molecule has 4 atom stereocenters. The standard InChI is InChI=1S/C11H18O/c12-10-5-1-3-8-7-9-4-2-6-11(8,9)10/h8-10,12H,1-7H2. The Morgan fingerprint density at radius 3 is 2.50 bits per heavy atom. The van der Waals surface area contributed by atoms with Crippen molar-refractivity contribution in [2.75, 3.05) is 0 Å². The lowest BCUT2D eigenvalue weighted by atomic mass is 9.48. The van der Waals surface area contributed by atoms with E-state index in [0.29, 0.717) is 5.41 Å². The van der Waals surface area contributed by atoms with E-state index in [0.717, 1.165) is 18.3 Å². The maximum atomic E-state index is 10.1. The van der Waals surface area contributed by atoms with Crippen molar-refractivity contribution in [2.45, 2.75) is 51.0 Å². The van der Waals surface area contributed by atoms with Crippen LogP contribution in [0.3, 0.4) is 0 Å². The molecule has 0 aromatic heterocycles. The van der Waals surface area contributed by atoms with Crippen molar-refractivity contribution in [3.8, 4) is 0 Å². The Labute approximate surface area is 74.2 Å². The third kappa shape index (κ3) is 0.654. The van der Waals surface area contributed by atoms with Gasteiger partial charge in [0.2, 0.25) is 0 Å². The van der Waals surface area contributed by atoms with E-state index in [1.807, 2.05) is 0 Å². The van der Waals surface area contributed by atoms with Gasteiger partial charge < -0.3 is 5.11 Å². The fourth-order valence-electron chi connectivity index (χ4n) is 4.33. The molecule has 0 radical (unpaired) electrons. The van der Waals surface area contributed by atoms with Crippen LogP contribution in [0.5, 0.6) is 0 Å². The van der Waals surface area contributed by atoms with Crippen molar-refractivity contribution in [2.24, 2.45) is 17.3 Å². The third-order valence-corrected chi connectivity index (χ3v) is 4.90. The summed E-state index contributed by atoms with van der Waals surface area (Å²) < 4.78 is 0. The molecule has 1 heteroatoms. The summed E-state index contributed by atoms with van der Waals surface area (Å²) in [6.45, 7) is 0. The molecule has 3 aliphatic carbocycles. The fourth-order valence-corrected chi connectivity index (χ4v) is 4.33. The van der Waals surface area contributed by atoms with Gasteiger partial charge in [0.25, 0.3) is 0 Å². The van der Waals surface area contributed by atoms with Gasteiger partial charge in [-0.3, -0.25) is 0 Å². The summed E-state index contributed by atoms with van der Waals surface area (Å²) in [5, 5.41) is 10.1. The highest BCUT2D eigenvalue weighted by molar-refractivity contribution is 5.10. The predicted molar refractivity (Wildman–Crippen MR) is 47.7 cm³/mol. The van der Waals surface area contributed by atoms with Crippen LogP contribution in [0.1, 0.15) is 44.9 Å². The van der Waals surface area contributed by atoms with Crippen molar-refractivity contribution in [3.63, 3.8) is 0 Å². The highest BCUT2D eigenvalue weighted by Crippen LogP contribution is 2.66. The molecular formula is C11H18O. The third-order valence-electron chi connectivity index (χ3n) is 4.90. The first-order chi connectivity index (χ1) is 5.84. The summed E-state index contributed by atoms with van der Waals surface area (Å²) in [5.41, 5.74) is 0.443. The van der Waals surface area contributed by atoms with Crippen molar-refractivity contribution < 1.29 is 5.11 Å². The summed E-state index contributed by atoms with van der Waals surface area (Å²) in [6, 6.07) is 0. The zero-order valence-corrected chi connectivity index (χ0v) is 7.63. The van der Waals surface area contributed by atoms with Gasteiger partial charge in [-0.1, -0.05) is 12.8 Å². The normalized spacial score (nSPS) is 57.2. The summed E-state index contributed by atoms with van der Waals surface area (Å²) in [7, 11) is 0. The highest BCUT2D eigenvalue weighted by Gasteiger charge is 2.61. The van der Waals surface area contributed by atoms with Crippen molar-refractivity contribution in [1.82, 2.24) is 0 Å². The van der Waals surface area contributed by atoms with E-state index in [2.05, 4.69) is 0 Å². The molecule has 1 nitrogen and oxygen atoms in total. The molecule has 4 unspecified atom stereocenters. The first kappa shape index (κ1) is 7.37. The molecule has 0 aliphatic heterocycles. The summed E-state index contributed by atoms with van der Waals surface area (Å²) in [4.78, 5) is 0. The molecule has 68 valence electrons. The van der Waals surface area contributed by atoms with Crippen molar-refractivity contribution in [3.05, 3.63) is 0 Å². The summed E-state index contributed by atoms with van der Waals surface area (Å²) in [5.74, 6) is 1.83. The van der Waals surface area contributed by atoms with Gasteiger partial charge in [0.05, 0.1) is 6.10 Å². The monoisotopic (exact) mass is 166 g/mol. The Morgan fingerprint density at radius 1 is 1.00 bits per heavy atom. The van der Waals surface area contributed by atoms with Gasteiger partial charge in [-0.15, -0.1) is 0 Å². The van der Waals surface area contributed by atoms with E-state index >= 15 is 0 Å². The lowest BCUT2D eigenvalue weighted by Gasteiger charge is -2.58. The smallest absolute Gasteiger partial charge is 0.0601 e.